The lowest BCUT2D eigenvalue weighted by Gasteiger charge is -2.10. The van der Waals surface area contributed by atoms with Crippen molar-refractivity contribution in [2.45, 2.75) is 11.6 Å². The van der Waals surface area contributed by atoms with Gasteiger partial charge in [-0.3, -0.25) is 9.82 Å². The SMILES string of the molecule is CNCc1cn[nH]c1S(=O)(=O)Nc1cc(Br)ccc1Br. The molecular formula is C11H12Br2N4O2S. The summed E-state index contributed by atoms with van der Waals surface area (Å²) in [6, 6.07) is 5.24. The summed E-state index contributed by atoms with van der Waals surface area (Å²) in [4.78, 5) is 0. The zero-order valence-electron chi connectivity index (χ0n) is 10.4. The van der Waals surface area contributed by atoms with Crippen molar-refractivity contribution in [1.29, 1.82) is 0 Å². The van der Waals surface area contributed by atoms with E-state index in [1.165, 1.54) is 6.20 Å². The van der Waals surface area contributed by atoms with E-state index in [1.54, 1.807) is 19.2 Å². The maximum atomic E-state index is 12.4. The van der Waals surface area contributed by atoms with E-state index in [2.05, 4.69) is 52.1 Å². The summed E-state index contributed by atoms with van der Waals surface area (Å²) in [5, 5.41) is 9.25. The largest absolute Gasteiger partial charge is 0.316 e. The van der Waals surface area contributed by atoms with Gasteiger partial charge in [0.25, 0.3) is 10.0 Å². The summed E-state index contributed by atoms with van der Waals surface area (Å²) in [7, 11) is -1.98. The Balaban J connectivity index is 2.36. The molecule has 0 spiro atoms. The van der Waals surface area contributed by atoms with Gasteiger partial charge in [-0.15, -0.1) is 0 Å². The van der Waals surface area contributed by atoms with E-state index in [1.807, 2.05) is 6.07 Å². The van der Waals surface area contributed by atoms with Crippen LogP contribution < -0.4 is 10.0 Å². The number of halogens is 2. The van der Waals surface area contributed by atoms with Gasteiger partial charge in [0.1, 0.15) is 0 Å². The van der Waals surface area contributed by atoms with Crippen LogP contribution in [0.25, 0.3) is 0 Å². The van der Waals surface area contributed by atoms with Crippen LogP contribution in [0.1, 0.15) is 5.56 Å². The standard InChI is InChI=1S/C11H12Br2N4O2S/c1-14-5-7-6-15-16-11(7)20(18,19)17-10-4-8(12)2-3-9(10)13/h2-4,6,14,17H,5H2,1H3,(H,15,16). The molecule has 0 aliphatic carbocycles. The molecule has 9 heteroatoms. The van der Waals surface area contributed by atoms with Crippen molar-refractivity contribution in [2.75, 3.05) is 11.8 Å². The minimum atomic E-state index is -3.72. The molecule has 0 fully saturated rings. The average molecular weight is 424 g/mol. The lowest BCUT2D eigenvalue weighted by atomic mass is 10.3. The zero-order chi connectivity index (χ0) is 14.8. The predicted octanol–water partition coefficient (Wildman–Crippen LogP) is 2.45. The van der Waals surface area contributed by atoms with E-state index in [9.17, 15) is 8.42 Å². The summed E-state index contributed by atoms with van der Waals surface area (Å²) in [6.07, 6.45) is 1.49. The molecule has 20 heavy (non-hydrogen) atoms. The number of benzene rings is 1. The quantitative estimate of drug-likeness (QED) is 0.689. The third-order valence-electron chi connectivity index (χ3n) is 2.49. The van der Waals surface area contributed by atoms with Crippen molar-refractivity contribution >= 4 is 47.6 Å². The Labute approximate surface area is 133 Å². The number of aromatic nitrogens is 2. The molecule has 0 amide bonds. The Morgan fingerprint density at radius 3 is 2.80 bits per heavy atom. The van der Waals surface area contributed by atoms with Crippen molar-refractivity contribution < 1.29 is 8.42 Å². The number of hydrogen-bond donors (Lipinski definition) is 3. The molecule has 6 nitrogen and oxygen atoms in total. The van der Waals surface area contributed by atoms with Crippen LogP contribution in [-0.4, -0.2) is 25.7 Å². The number of rotatable bonds is 5. The number of sulfonamides is 1. The van der Waals surface area contributed by atoms with Crippen LogP contribution in [0.15, 0.2) is 38.4 Å². The minimum Gasteiger partial charge on any atom is -0.316 e. The zero-order valence-corrected chi connectivity index (χ0v) is 14.4. The predicted molar refractivity (Wildman–Crippen MR) is 84.0 cm³/mol. The number of nitrogens with one attached hydrogen (secondary N) is 3. The molecule has 2 aromatic rings. The highest BCUT2D eigenvalue weighted by atomic mass is 79.9. The van der Waals surface area contributed by atoms with Crippen LogP contribution in [0.3, 0.4) is 0 Å². The second-order valence-electron chi connectivity index (χ2n) is 3.98. The van der Waals surface area contributed by atoms with Gasteiger partial charge >= 0.3 is 0 Å². The Morgan fingerprint density at radius 1 is 1.35 bits per heavy atom. The summed E-state index contributed by atoms with van der Waals surface area (Å²) >= 11 is 6.62. The molecule has 0 radical (unpaired) electrons. The number of anilines is 1. The first kappa shape index (κ1) is 15.5. The van der Waals surface area contributed by atoms with Crippen molar-refractivity contribution in [1.82, 2.24) is 15.5 Å². The van der Waals surface area contributed by atoms with Crippen molar-refractivity contribution in [2.24, 2.45) is 0 Å². The maximum Gasteiger partial charge on any atom is 0.279 e. The molecule has 0 saturated carbocycles. The fraction of sp³-hybridized carbons (Fsp3) is 0.182. The number of aromatic amines is 1. The molecule has 2 rings (SSSR count). The van der Waals surface area contributed by atoms with Crippen molar-refractivity contribution in [3.05, 3.63) is 38.9 Å². The van der Waals surface area contributed by atoms with Crippen LogP contribution in [-0.2, 0) is 16.6 Å². The van der Waals surface area contributed by atoms with Gasteiger partial charge in [0.05, 0.1) is 11.9 Å². The molecule has 0 atom stereocenters. The molecule has 3 N–H and O–H groups in total. The van der Waals surface area contributed by atoms with Crippen LogP contribution in [0.2, 0.25) is 0 Å². The second-order valence-corrected chi connectivity index (χ2v) is 7.37. The third kappa shape index (κ3) is 3.40. The second kappa shape index (κ2) is 6.25. The summed E-state index contributed by atoms with van der Waals surface area (Å²) in [5.41, 5.74) is 1.02. The van der Waals surface area contributed by atoms with Crippen LogP contribution in [0.5, 0.6) is 0 Å². The molecule has 0 bridgehead atoms. The molecule has 0 unspecified atom stereocenters. The van der Waals surface area contributed by atoms with Gasteiger partial charge in [-0.25, -0.2) is 0 Å². The van der Waals surface area contributed by atoms with E-state index < -0.39 is 10.0 Å². The topological polar surface area (TPSA) is 86.9 Å². The smallest absolute Gasteiger partial charge is 0.279 e. The molecule has 0 aliphatic rings. The van der Waals surface area contributed by atoms with Crippen molar-refractivity contribution in [3.8, 4) is 0 Å². The molecular weight excluding hydrogens is 412 g/mol. The third-order valence-corrected chi connectivity index (χ3v) is 5.05. The van der Waals surface area contributed by atoms with Crippen LogP contribution >= 0.6 is 31.9 Å². The first-order valence-electron chi connectivity index (χ1n) is 5.59. The fourth-order valence-corrected chi connectivity index (χ4v) is 3.66. The first-order valence-corrected chi connectivity index (χ1v) is 8.65. The molecule has 0 saturated heterocycles. The number of H-pyrrole nitrogens is 1. The van der Waals surface area contributed by atoms with Gasteiger partial charge in [0, 0.05) is 21.1 Å². The van der Waals surface area contributed by atoms with E-state index >= 15 is 0 Å². The number of hydrogen-bond acceptors (Lipinski definition) is 4. The van der Waals surface area contributed by atoms with Gasteiger partial charge in [-0.05, 0) is 41.2 Å². The van der Waals surface area contributed by atoms with Gasteiger partial charge in [0.2, 0.25) is 0 Å². The van der Waals surface area contributed by atoms with Crippen LogP contribution in [0.4, 0.5) is 5.69 Å². The normalized spacial score (nSPS) is 11.6. The Hall–Kier alpha value is -0.900. The highest BCUT2D eigenvalue weighted by molar-refractivity contribution is 9.11. The maximum absolute atomic E-state index is 12.4. The Bertz CT molecular complexity index is 715. The summed E-state index contributed by atoms with van der Waals surface area (Å²) < 4.78 is 28.7. The Morgan fingerprint density at radius 2 is 2.10 bits per heavy atom. The van der Waals surface area contributed by atoms with Gasteiger partial charge in [0.15, 0.2) is 5.03 Å². The summed E-state index contributed by atoms with van der Waals surface area (Å²) in [6.45, 7) is 0.409. The monoisotopic (exact) mass is 422 g/mol. The van der Waals surface area contributed by atoms with Gasteiger partial charge in [-0.1, -0.05) is 15.9 Å². The van der Waals surface area contributed by atoms with Gasteiger partial charge < -0.3 is 5.32 Å². The minimum absolute atomic E-state index is 0.0544. The van der Waals surface area contributed by atoms with Crippen LogP contribution in [0, 0.1) is 0 Å². The van der Waals surface area contributed by atoms with E-state index in [0.717, 1.165) is 4.47 Å². The molecule has 1 heterocycles. The molecule has 108 valence electrons. The highest BCUT2D eigenvalue weighted by Gasteiger charge is 2.21. The number of nitrogens with zero attached hydrogens (tertiary/aromatic N) is 1. The Kier molecular flexibility index (Phi) is 4.84. The first-order chi connectivity index (χ1) is 9.44. The lowest BCUT2D eigenvalue weighted by Crippen LogP contribution is -2.17. The average Bonchev–Trinajstić information content (AvgIpc) is 2.83. The van der Waals surface area contributed by atoms with Crippen molar-refractivity contribution in [3.63, 3.8) is 0 Å². The fourth-order valence-electron chi connectivity index (χ4n) is 1.62. The molecule has 1 aromatic carbocycles. The lowest BCUT2D eigenvalue weighted by molar-refractivity contribution is 0.595. The molecule has 0 aliphatic heterocycles. The summed E-state index contributed by atoms with van der Waals surface area (Å²) in [5.74, 6) is 0. The highest BCUT2D eigenvalue weighted by Crippen LogP contribution is 2.28. The van der Waals surface area contributed by atoms with E-state index in [4.69, 9.17) is 0 Å². The van der Waals surface area contributed by atoms with E-state index in [0.29, 0.717) is 22.3 Å². The van der Waals surface area contributed by atoms with E-state index in [-0.39, 0.29) is 5.03 Å². The molecule has 1 aromatic heterocycles. The van der Waals surface area contributed by atoms with Gasteiger partial charge in [-0.2, -0.15) is 13.5 Å².